The number of hydrogen-bond donors (Lipinski definition) is 0. The third-order valence-electron chi connectivity index (χ3n) is 4.76. The molecule has 0 aliphatic carbocycles. The number of rotatable bonds is 2. The topological polar surface area (TPSA) is 75.6 Å². The number of nitrogens with zero attached hydrogens (tertiary/aromatic N) is 4. The van der Waals surface area contributed by atoms with Crippen molar-refractivity contribution in [3.8, 4) is 0 Å². The Morgan fingerprint density at radius 3 is 2.61 bits per heavy atom. The van der Waals surface area contributed by atoms with Crippen LogP contribution in [0.3, 0.4) is 0 Å². The van der Waals surface area contributed by atoms with Gasteiger partial charge < -0.3 is 14.5 Å². The predicted molar refractivity (Wildman–Crippen MR) is 82.7 cm³/mol. The Balaban J connectivity index is 1.59. The third kappa shape index (κ3) is 3.19. The molecule has 1 aromatic heterocycles. The lowest BCUT2D eigenvalue weighted by Crippen LogP contribution is -2.47. The van der Waals surface area contributed by atoms with Crippen molar-refractivity contribution in [1.29, 1.82) is 0 Å². The summed E-state index contributed by atoms with van der Waals surface area (Å²) in [6.07, 6.45) is 5.87. The van der Waals surface area contributed by atoms with E-state index >= 15 is 0 Å². The SMILES string of the molecule is CN(C)C(=O)C1CCC2(CCN(C(=O)c3ccnnc3)CC2)O1. The highest BCUT2D eigenvalue weighted by Gasteiger charge is 2.45. The van der Waals surface area contributed by atoms with Crippen molar-refractivity contribution in [3.05, 3.63) is 24.0 Å². The van der Waals surface area contributed by atoms with Crippen LogP contribution in [0.5, 0.6) is 0 Å². The molecule has 7 nitrogen and oxygen atoms in total. The van der Waals surface area contributed by atoms with E-state index in [4.69, 9.17) is 4.74 Å². The molecule has 23 heavy (non-hydrogen) atoms. The molecule has 2 aliphatic heterocycles. The van der Waals surface area contributed by atoms with E-state index in [1.807, 2.05) is 4.90 Å². The normalized spacial score (nSPS) is 23.0. The molecule has 1 unspecified atom stereocenters. The first-order valence-corrected chi connectivity index (χ1v) is 7.96. The summed E-state index contributed by atoms with van der Waals surface area (Å²) in [6.45, 7) is 1.29. The summed E-state index contributed by atoms with van der Waals surface area (Å²) in [5, 5.41) is 7.45. The Kier molecular flexibility index (Phi) is 4.30. The van der Waals surface area contributed by atoms with Crippen LogP contribution in [0.25, 0.3) is 0 Å². The number of likely N-dealkylation sites (N-methyl/N-ethyl adjacent to an activating group) is 1. The van der Waals surface area contributed by atoms with Gasteiger partial charge in [0.1, 0.15) is 6.10 Å². The van der Waals surface area contributed by atoms with Crippen molar-refractivity contribution < 1.29 is 14.3 Å². The number of piperidine rings is 1. The number of likely N-dealkylation sites (tertiary alicyclic amines) is 1. The highest BCUT2D eigenvalue weighted by atomic mass is 16.5. The van der Waals surface area contributed by atoms with Gasteiger partial charge in [0.05, 0.1) is 23.6 Å². The molecule has 0 bridgehead atoms. The van der Waals surface area contributed by atoms with Crippen molar-refractivity contribution >= 4 is 11.8 Å². The van der Waals surface area contributed by atoms with Gasteiger partial charge in [0.25, 0.3) is 11.8 Å². The van der Waals surface area contributed by atoms with Crippen LogP contribution in [0.2, 0.25) is 0 Å². The second-order valence-electron chi connectivity index (χ2n) is 6.48. The molecule has 1 atom stereocenters. The molecule has 1 spiro atoms. The number of ether oxygens (including phenoxy) is 1. The van der Waals surface area contributed by atoms with E-state index < -0.39 is 0 Å². The molecule has 1 aromatic rings. The fourth-order valence-electron chi connectivity index (χ4n) is 3.36. The van der Waals surface area contributed by atoms with Crippen LogP contribution < -0.4 is 0 Å². The lowest BCUT2D eigenvalue weighted by atomic mass is 9.88. The maximum Gasteiger partial charge on any atom is 0.255 e. The summed E-state index contributed by atoms with van der Waals surface area (Å²) in [5.41, 5.74) is 0.313. The van der Waals surface area contributed by atoms with Crippen molar-refractivity contribution in [2.45, 2.75) is 37.4 Å². The Bertz CT molecular complexity index is 582. The monoisotopic (exact) mass is 318 g/mol. The number of carbonyl (C=O) groups excluding carboxylic acids is 2. The van der Waals surface area contributed by atoms with E-state index in [0.29, 0.717) is 18.7 Å². The Morgan fingerprint density at radius 1 is 1.26 bits per heavy atom. The minimum Gasteiger partial charge on any atom is -0.362 e. The number of amides is 2. The van der Waals surface area contributed by atoms with Crippen LogP contribution in [-0.4, -0.2) is 70.7 Å². The quantitative estimate of drug-likeness (QED) is 0.803. The molecule has 2 aliphatic rings. The lowest BCUT2D eigenvalue weighted by Gasteiger charge is -2.39. The van der Waals surface area contributed by atoms with Crippen molar-refractivity contribution in [3.63, 3.8) is 0 Å². The summed E-state index contributed by atoms with van der Waals surface area (Å²) in [7, 11) is 3.50. The van der Waals surface area contributed by atoms with Gasteiger partial charge in [0, 0.05) is 27.2 Å². The number of carbonyl (C=O) groups is 2. The molecule has 124 valence electrons. The van der Waals surface area contributed by atoms with Gasteiger partial charge >= 0.3 is 0 Å². The predicted octanol–water partition coefficient (Wildman–Crippen LogP) is 0.719. The van der Waals surface area contributed by atoms with Crippen molar-refractivity contribution in [1.82, 2.24) is 20.0 Å². The van der Waals surface area contributed by atoms with Crippen LogP contribution in [-0.2, 0) is 9.53 Å². The first-order chi connectivity index (χ1) is 11.0. The fraction of sp³-hybridized carbons (Fsp3) is 0.625. The van der Waals surface area contributed by atoms with E-state index in [0.717, 1.165) is 25.7 Å². The van der Waals surface area contributed by atoms with Crippen LogP contribution in [0.15, 0.2) is 18.5 Å². The summed E-state index contributed by atoms with van der Waals surface area (Å²) < 4.78 is 6.10. The second-order valence-corrected chi connectivity index (χ2v) is 6.48. The first-order valence-electron chi connectivity index (χ1n) is 7.96. The molecule has 0 aromatic carbocycles. The largest absolute Gasteiger partial charge is 0.362 e. The molecule has 2 saturated heterocycles. The zero-order chi connectivity index (χ0) is 16.4. The van der Waals surface area contributed by atoms with Crippen LogP contribution >= 0.6 is 0 Å². The third-order valence-corrected chi connectivity index (χ3v) is 4.76. The highest BCUT2D eigenvalue weighted by molar-refractivity contribution is 5.93. The molecule has 7 heteroatoms. The molecule has 0 N–H and O–H groups in total. The van der Waals surface area contributed by atoms with E-state index in [2.05, 4.69) is 10.2 Å². The Morgan fingerprint density at radius 2 is 2.00 bits per heavy atom. The maximum atomic E-state index is 12.4. The first kappa shape index (κ1) is 15.9. The molecule has 0 radical (unpaired) electrons. The molecule has 2 amide bonds. The Hall–Kier alpha value is -2.02. The van der Waals surface area contributed by atoms with E-state index in [-0.39, 0.29) is 23.5 Å². The average molecular weight is 318 g/mol. The highest BCUT2D eigenvalue weighted by Crippen LogP contribution is 2.39. The zero-order valence-electron chi connectivity index (χ0n) is 13.6. The minimum atomic E-state index is -0.336. The lowest BCUT2D eigenvalue weighted by molar-refractivity contribution is -0.148. The van der Waals surface area contributed by atoms with Gasteiger partial charge in [0.15, 0.2) is 0 Å². The summed E-state index contributed by atoms with van der Waals surface area (Å²) in [6, 6.07) is 1.68. The summed E-state index contributed by atoms with van der Waals surface area (Å²) in [4.78, 5) is 27.9. The van der Waals surface area contributed by atoms with Crippen LogP contribution in [0, 0.1) is 0 Å². The van der Waals surface area contributed by atoms with Gasteiger partial charge in [0.2, 0.25) is 0 Å². The van der Waals surface area contributed by atoms with Crippen molar-refractivity contribution in [2.75, 3.05) is 27.2 Å². The average Bonchev–Trinajstić information content (AvgIpc) is 2.98. The molecule has 3 rings (SSSR count). The van der Waals surface area contributed by atoms with E-state index in [1.165, 1.54) is 12.4 Å². The summed E-state index contributed by atoms with van der Waals surface area (Å²) in [5.74, 6) is 0.0110. The van der Waals surface area contributed by atoms with E-state index in [1.54, 1.807) is 25.1 Å². The van der Waals surface area contributed by atoms with Gasteiger partial charge in [-0.05, 0) is 31.7 Å². The van der Waals surface area contributed by atoms with Gasteiger partial charge in [-0.1, -0.05) is 0 Å². The number of aromatic nitrogens is 2. The van der Waals surface area contributed by atoms with Gasteiger partial charge in [-0.25, -0.2) is 0 Å². The molecular weight excluding hydrogens is 296 g/mol. The molecule has 2 fully saturated rings. The van der Waals surface area contributed by atoms with Crippen molar-refractivity contribution in [2.24, 2.45) is 0 Å². The Labute approximate surface area is 135 Å². The number of hydrogen-bond acceptors (Lipinski definition) is 5. The standard InChI is InChI=1S/C16H22N4O3/c1-19(2)15(22)13-3-5-16(23-13)6-9-20(10-7-16)14(21)12-4-8-17-18-11-12/h4,8,11,13H,3,5-7,9-10H2,1-2H3. The van der Waals surface area contributed by atoms with Gasteiger partial charge in [-0.3, -0.25) is 9.59 Å². The fourth-order valence-corrected chi connectivity index (χ4v) is 3.36. The maximum absolute atomic E-state index is 12.4. The smallest absolute Gasteiger partial charge is 0.255 e. The zero-order valence-corrected chi connectivity index (χ0v) is 13.6. The molecule has 3 heterocycles. The second kappa shape index (κ2) is 6.23. The van der Waals surface area contributed by atoms with Crippen LogP contribution in [0.1, 0.15) is 36.0 Å². The summed E-state index contributed by atoms with van der Waals surface area (Å²) >= 11 is 0. The van der Waals surface area contributed by atoms with Gasteiger partial charge in [-0.15, -0.1) is 0 Å². The van der Waals surface area contributed by atoms with Crippen LogP contribution in [0.4, 0.5) is 0 Å². The molecule has 0 saturated carbocycles. The van der Waals surface area contributed by atoms with E-state index in [9.17, 15) is 9.59 Å². The molecular formula is C16H22N4O3. The minimum absolute atomic E-state index is 0.0198. The van der Waals surface area contributed by atoms with Gasteiger partial charge in [-0.2, -0.15) is 10.2 Å².